The summed E-state index contributed by atoms with van der Waals surface area (Å²) in [5.41, 5.74) is 0. The zero-order valence-electron chi connectivity index (χ0n) is 12.9. The van der Waals surface area contributed by atoms with E-state index in [0.717, 1.165) is 6.54 Å². The lowest BCUT2D eigenvalue weighted by molar-refractivity contribution is 0.148. The first-order valence-electron chi connectivity index (χ1n) is 7.48. The molecule has 1 rings (SSSR count). The Bertz CT molecular complexity index is 354. The van der Waals surface area contributed by atoms with Crippen LogP contribution in [0.15, 0.2) is 0 Å². The normalized spacial score (nSPS) is 25.2. The van der Waals surface area contributed by atoms with Crippen molar-refractivity contribution in [2.45, 2.75) is 52.1 Å². The van der Waals surface area contributed by atoms with Crippen LogP contribution in [0.4, 0.5) is 0 Å². The zero-order valence-corrected chi connectivity index (χ0v) is 13.7. The van der Waals surface area contributed by atoms with E-state index < -0.39 is 9.84 Å². The molecule has 1 heterocycles. The first-order chi connectivity index (χ1) is 8.81. The minimum atomic E-state index is -2.89. The van der Waals surface area contributed by atoms with E-state index in [2.05, 4.69) is 24.1 Å². The molecular weight excluding hydrogens is 260 g/mol. The van der Waals surface area contributed by atoms with E-state index in [9.17, 15) is 8.42 Å². The SMILES string of the molecule is CCCN1CCCC(C(C)NC(C)CS(C)(=O)=O)C1. The van der Waals surface area contributed by atoms with Crippen LogP contribution in [0.1, 0.15) is 40.0 Å². The summed E-state index contributed by atoms with van der Waals surface area (Å²) in [7, 11) is -2.89. The van der Waals surface area contributed by atoms with Crippen LogP contribution in [0.3, 0.4) is 0 Å². The first kappa shape index (κ1) is 16.9. The molecule has 0 radical (unpaired) electrons. The molecule has 1 aliphatic heterocycles. The summed E-state index contributed by atoms with van der Waals surface area (Å²) in [5, 5.41) is 3.46. The van der Waals surface area contributed by atoms with Crippen LogP contribution in [-0.4, -0.2) is 57.0 Å². The lowest BCUT2D eigenvalue weighted by atomic mass is 9.91. The lowest BCUT2D eigenvalue weighted by Crippen LogP contribution is -2.48. The van der Waals surface area contributed by atoms with Gasteiger partial charge in [0.1, 0.15) is 9.84 Å². The molecule has 0 amide bonds. The van der Waals surface area contributed by atoms with Crippen molar-refractivity contribution in [1.82, 2.24) is 10.2 Å². The number of hydrogen-bond acceptors (Lipinski definition) is 4. The molecule has 4 nitrogen and oxygen atoms in total. The smallest absolute Gasteiger partial charge is 0.148 e. The first-order valence-corrected chi connectivity index (χ1v) is 9.54. The van der Waals surface area contributed by atoms with Gasteiger partial charge in [-0.15, -0.1) is 0 Å². The van der Waals surface area contributed by atoms with E-state index in [0.29, 0.717) is 12.0 Å². The molecule has 5 heteroatoms. The number of nitrogens with one attached hydrogen (secondary N) is 1. The highest BCUT2D eigenvalue weighted by molar-refractivity contribution is 7.90. The van der Waals surface area contributed by atoms with E-state index in [1.807, 2.05) is 6.92 Å². The van der Waals surface area contributed by atoms with Crippen LogP contribution in [-0.2, 0) is 9.84 Å². The van der Waals surface area contributed by atoms with Crippen LogP contribution < -0.4 is 5.32 Å². The fourth-order valence-electron chi connectivity index (χ4n) is 3.11. The Morgan fingerprint density at radius 3 is 2.63 bits per heavy atom. The summed E-state index contributed by atoms with van der Waals surface area (Å²) in [6, 6.07) is 0.419. The van der Waals surface area contributed by atoms with E-state index in [-0.39, 0.29) is 11.8 Å². The highest BCUT2D eigenvalue weighted by atomic mass is 32.2. The summed E-state index contributed by atoms with van der Waals surface area (Å²) < 4.78 is 22.6. The van der Waals surface area contributed by atoms with Gasteiger partial charge in [-0.05, 0) is 52.1 Å². The maximum Gasteiger partial charge on any atom is 0.148 e. The molecule has 1 N–H and O–H groups in total. The second kappa shape index (κ2) is 7.60. The van der Waals surface area contributed by atoms with Gasteiger partial charge in [-0.25, -0.2) is 8.42 Å². The largest absolute Gasteiger partial charge is 0.310 e. The maximum absolute atomic E-state index is 11.3. The molecule has 0 aromatic carbocycles. The predicted octanol–water partition coefficient (Wildman–Crippen LogP) is 1.52. The van der Waals surface area contributed by atoms with Gasteiger partial charge in [0.25, 0.3) is 0 Å². The minimum Gasteiger partial charge on any atom is -0.310 e. The van der Waals surface area contributed by atoms with Crippen molar-refractivity contribution in [2.75, 3.05) is 31.6 Å². The Balaban J connectivity index is 2.41. The number of rotatable bonds is 7. The summed E-state index contributed by atoms with van der Waals surface area (Å²) in [6.45, 7) is 9.92. The van der Waals surface area contributed by atoms with Crippen LogP contribution >= 0.6 is 0 Å². The van der Waals surface area contributed by atoms with Crippen molar-refractivity contribution in [1.29, 1.82) is 0 Å². The highest BCUT2D eigenvalue weighted by Crippen LogP contribution is 2.20. The lowest BCUT2D eigenvalue weighted by Gasteiger charge is -2.37. The van der Waals surface area contributed by atoms with Gasteiger partial charge in [0.15, 0.2) is 0 Å². The average Bonchev–Trinajstić information content (AvgIpc) is 2.27. The van der Waals surface area contributed by atoms with E-state index in [4.69, 9.17) is 0 Å². The average molecular weight is 290 g/mol. The fraction of sp³-hybridized carbons (Fsp3) is 1.00. The number of likely N-dealkylation sites (tertiary alicyclic amines) is 1. The molecule has 0 bridgehead atoms. The number of hydrogen-bond donors (Lipinski definition) is 1. The monoisotopic (exact) mass is 290 g/mol. The Labute approximate surface area is 118 Å². The van der Waals surface area contributed by atoms with Gasteiger partial charge in [0, 0.05) is 24.9 Å². The second-order valence-corrected chi connectivity index (χ2v) is 8.34. The Hall–Kier alpha value is -0.130. The third-order valence-electron chi connectivity index (χ3n) is 3.89. The molecule has 19 heavy (non-hydrogen) atoms. The van der Waals surface area contributed by atoms with Crippen LogP contribution in [0, 0.1) is 5.92 Å². The van der Waals surface area contributed by atoms with Crippen LogP contribution in [0.5, 0.6) is 0 Å². The summed E-state index contributed by atoms with van der Waals surface area (Å²) in [4.78, 5) is 2.54. The summed E-state index contributed by atoms with van der Waals surface area (Å²) in [6.07, 6.45) is 5.02. The molecular formula is C14H30N2O2S. The van der Waals surface area contributed by atoms with E-state index in [1.165, 1.54) is 38.6 Å². The molecule has 0 saturated carbocycles. The van der Waals surface area contributed by atoms with Gasteiger partial charge in [-0.2, -0.15) is 0 Å². The Morgan fingerprint density at radius 2 is 2.05 bits per heavy atom. The zero-order chi connectivity index (χ0) is 14.5. The fourth-order valence-corrected chi connectivity index (χ4v) is 4.11. The molecule has 114 valence electrons. The van der Waals surface area contributed by atoms with Gasteiger partial charge < -0.3 is 10.2 Å². The van der Waals surface area contributed by atoms with Crippen molar-refractivity contribution in [3.05, 3.63) is 0 Å². The molecule has 0 aromatic rings. The van der Waals surface area contributed by atoms with Crippen molar-refractivity contribution < 1.29 is 8.42 Å². The number of sulfone groups is 1. The molecule has 3 unspecified atom stereocenters. The van der Waals surface area contributed by atoms with Gasteiger partial charge in [0.2, 0.25) is 0 Å². The van der Waals surface area contributed by atoms with Gasteiger partial charge in [0.05, 0.1) is 5.75 Å². The number of nitrogens with zero attached hydrogens (tertiary/aromatic N) is 1. The topological polar surface area (TPSA) is 49.4 Å². The molecule has 1 saturated heterocycles. The van der Waals surface area contributed by atoms with Crippen molar-refractivity contribution in [2.24, 2.45) is 5.92 Å². The maximum atomic E-state index is 11.3. The van der Waals surface area contributed by atoms with Crippen LogP contribution in [0.25, 0.3) is 0 Å². The predicted molar refractivity (Wildman–Crippen MR) is 81.2 cm³/mol. The third kappa shape index (κ3) is 6.72. The van der Waals surface area contributed by atoms with Crippen molar-refractivity contribution in [3.8, 4) is 0 Å². The standard InChI is InChI=1S/C14H30N2O2S/c1-5-8-16-9-6-7-14(10-16)13(3)15-12(2)11-19(4,17)18/h12-15H,5-11H2,1-4H3. The van der Waals surface area contributed by atoms with E-state index in [1.54, 1.807) is 0 Å². The van der Waals surface area contributed by atoms with Gasteiger partial charge in [-0.1, -0.05) is 6.92 Å². The van der Waals surface area contributed by atoms with Gasteiger partial charge >= 0.3 is 0 Å². The summed E-state index contributed by atoms with van der Waals surface area (Å²) >= 11 is 0. The molecule has 1 aliphatic rings. The molecule has 0 spiro atoms. The molecule has 1 fully saturated rings. The number of piperidine rings is 1. The molecule has 0 aliphatic carbocycles. The van der Waals surface area contributed by atoms with Gasteiger partial charge in [-0.3, -0.25) is 0 Å². The second-order valence-electron chi connectivity index (χ2n) is 6.15. The molecule has 3 atom stereocenters. The summed E-state index contributed by atoms with van der Waals surface area (Å²) in [5.74, 6) is 0.866. The quantitative estimate of drug-likeness (QED) is 0.772. The highest BCUT2D eigenvalue weighted by Gasteiger charge is 2.25. The Kier molecular flexibility index (Phi) is 6.77. The minimum absolute atomic E-state index is 0.0338. The third-order valence-corrected chi connectivity index (χ3v) is 4.99. The van der Waals surface area contributed by atoms with Crippen molar-refractivity contribution in [3.63, 3.8) is 0 Å². The van der Waals surface area contributed by atoms with Crippen molar-refractivity contribution >= 4 is 9.84 Å². The van der Waals surface area contributed by atoms with E-state index >= 15 is 0 Å². The Morgan fingerprint density at radius 1 is 1.37 bits per heavy atom. The molecule has 0 aromatic heterocycles. The van der Waals surface area contributed by atoms with Crippen LogP contribution in [0.2, 0.25) is 0 Å².